The molecule has 0 bridgehead atoms. The van der Waals surface area contributed by atoms with Crippen LogP contribution in [0.15, 0.2) is 12.7 Å². The van der Waals surface area contributed by atoms with E-state index in [1.54, 1.807) is 0 Å². The summed E-state index contributed by atoms with van der Waals surface area (Å²) in [5.41, 5.74) is 0. The SMILES string of the molecule is C=CC(C)NC1CCNCC1C. The highest BCUT2D eigenvalue weighted by Crippen LogP contribution is 2.10. The van der Waals surface area contributed by atoms with Gasteiger partial charge in [0.25, 0.3) is 0 Å². The third-order valence-electron chi connectivity index (χ3n) is 2.62. The molecule has 2 heteroatoms. The van der Waals surface area contributed by atoms with Gasteiger partial charge in [0.05, 0.1) is 0 Å². The lowest BCUT2D eigenvalue weighted by Gasteiger charge is -2.32. The van der Waals surface area contributed by atoms with Gasteiger partial charge in [0, 0.05) is 12.1 Å². The van der Waals surface area contributed by atoms with E-state index in [9.17, 15) is 0 Å². The van der Waals surface area contributed by atoms with Crippen LogP contribution in [0, 0.1) is 5.92 Å². The standard InChI is InChI=1S/C10H20N2/c1-4-9(3)12-10-5-6-11-7-8(10)2/h4,8-12H,1,5-7H2,2-3H3. The van der Waals surface area contributed by atoms with Gasteiger partial charge in [0.15, 0.2) is 0 Å². The van der Waals surface area contributed by atoms with Crippen LogP contribution in [-0.4, -0.2) is 25.2 Å². The molecule has 1 rings (SSSR count). The minimum atomic E-state index is 0.440. The van der Waals surface area contributed by atoms with Gasteiger partial charge in [-0.05, 0) is 32.4 Å². The van der Waals surface area contributed by atoms with Gasteiger partial charge in [0.2, 0.25) is 0 Å². The molecule has 2 nitrogen and oxygen atoms in total. The Labute approximate surface area is 75.4 Å². The van der Waals surface area contributed by atoms with Crippen LogP contribution in [-0.2, 0) is 0 Å². The third-order valence-corrected chi connectivity index (χ3v) is 2.62. The van der Waals surface area contributed by atoms with Crippen LogP contribution in [0.2, 0.25) is 0 Å². The maximum atomic E-state index is 3.77. The lowest BCUT2D eigenvalue weighted by Crippen LogP contribution is -2.48. The van der Waals surface area contributed by atoms with Crippen molar-refractivity contribution in [3.8, 4) is 0 Å². The molecule has 1 aliphatic heterocycles. The summed E-state index contributed by atoms with van der Waals surface area (Å²) in [7, 11) is 0. The fourth-order valence-electron chi connectivity index (χ4n) is 1.67. The van der Waals surface area contributed by atoms with Gasteiger partial charge in [-0.25, -0.2) is 0 Å². The molecule has 12 heavy (non-hydrogen) atoms. The first kappa shape index (κ1) is 9.75. The Kier molecular flexibility index (Phi) is 3.76. The van der Waals surface area contributed by atoms with Crippen LogP contribution >= 0.6 is 0 Å². The van der Waals surface area contributed by atoms with Gasteiger partial charge in [0.1, 0.15) is 0 Å². The largest absolute Gasteiger partial charge is 0.316 e. The van der Waals surface area contributed by atoms with Crippen molar-refractivity contribution >= 4 is 0 Å². The van der Waals surface area contributed by atoms with Crippen molar-refractivity contribution in [2.24, 2.45) is 5.92 Å². The van der Waals surface area contributed by atoms with E-state index in [2.05, 4.69) is 31.1 Å². The van der Waals surface area contributed by atoms with E-state index in [1.165, 1.54) is 6.42 Å². The fraction of sp³-hybridized carbons (Fsp3) is 0.800. The predicted octanol–water partition coefficient (Wildman–Crippen LogP) is 1.15. The van der Waals surface area contributed by atoms with Crippen molar-refractivity contribution in [3.05, 3.63) is 12.7 Å². The van der Waals surface area contributed by atoms with Crippen molar-refractivity contribution < 1.29 is 0 Å². The monoisotopic (exact) mass is 168 g/mol. The summed E-state index contributed by atoms with van der Waals surface area (Å²) >= 11 is 0. The zero-order valence-electron chi connectivity index (χ0n) is 8.14. The average molecular weight is 168 g/mol. The molecule has 3 atom stereocenters. The molecule has 0 aromatic rings. The van der Waals surface area contributed by atoms with Gasteiger partial charge in [-0.15, -0.1) is 6.58 Å². The fourth-order valence-corrected chi connectivity index (χ4v) is 1.67. The Balaban J connectivity index is 2.33. The molecule has 0 amide bonds. The number of piperidine rings is 1. The van der Waals surface area contributed by atoms with E-state index in [-0.39, 0.29) is 0 Å². The lowest BCUT2D eigenvalue weighted by molar-refractivity contribution is 0.288. The van der Waals surface area contributed by atoms with Crippen LogP contribution < -0.4 is 10.6 Å². The van der Waals surface area contributed by atoms with Crippen molar-refractivity contribution in [1.82, 2.24) is 10.6 Å². The Bertz CT molecular complexity index is 145. The minimum Gasteiger partial charge on any atom is -0.316 e. The molecule has 2 N–H and O–H groups in total. The van der Waals surface area contributed by atoms with E-state index in [1.807, 2.05) is 6.08 Å². The summed E-state index contributed by atoms with van der Waals surface area (Å²) in [4.78, 5) is 0. The number of hydrogen-bond donors (Lipinski definition) is 2. The third kappa shape index (κ3) is 2.61. The van der Waals surface area contributed by atoms with Crippen LogP contribution in [0.1, 0.15) is 20.3 Å². The summed E-state index contributed by atoms with van der Waals surface area (Å²) in [6.45, 7) is 10.5. The zero-order chi connectivity index (χ0) is 8.97. The first-order chi connectivity index (χ1) is 5.74. The van der Waals surface area contributed by atoms with Gasteiger partial charge >= 0.3 is 0 Å². The Morgan fingerprint density at radius 1 is 1.67 bits per heavy atom. The van der Waals surface area contributed by atoms with Crippen LogP contribution in [0.3, 0.4) is 0 Å². The number of hydrogen-bond acceptors (Lipinski definition) is 2. The summed E-state index contributed by atoms with van der Waals surface area (Å²) in [6, 6.07) is 1.11. The molecule has 1 heterocycles. The molecular weight excluding hydrogens is 148 g/mol. The Morgan fingerprint density at radius 2 is 2.42 bits per heavy atom. The highest BCUT2D eigenvalue weighted by molar-refractivity contribution is 4.88. The number of nitrogens with one attached hydrogen (secondary N) is 2. The zero-order valence-corrected chi connectivity index (χ0v) is 8.14. The number of rotatable bonds is 3. The first-order valence-corrected chi connectivity index (χ1v) is 4.83. The molecule has 1 aliphatic rings. The molecule has 0 aliphatic carbocycles. The lowest BCUT2D eigenvalue weighted by atomic mass is 9.95. The summed E-state index contributed by atoms with van der Waals surface area (Å²) in [5, 5.41) is 6.95. The van der Waals surface area contributed by atoms with E-state index < -0.39 is 0 Å². The first-order valence-electron chi connectivity index (χ1n) is 4.83. The summed E-state index contributed by atoms with van der Waals surface area (Å²) in [6.07, 6.45) is 3.20. The van der Waals surface area contributed by atoms with Gasteiger partial charge in [-0.2, -0.15) is 0 Å². The van der Waals surface area contributed by atoms with Crippen LogP contribution in [0.4, 0.5) is 0 Å². The molecule has 0 saturated carbocycles. The van der Waals surface area contributed by atoms with E-state index in [4.69, 9.17) is 0 Å². The molecule has 0 radical (unpaired) electrons. The maximum Gasteiger partial charge on any atom is 0.0221 e. The van der Waals surface area contributed by atoms with Crippen LogP contribution in [0.5, 0.6) is 0 Å². The van der Waals surface area contributed by atoms with Crippen molar-refractivity contribution in [1.29, 1.82) is 0 Å². The van der Waals surface area contributed by atoms with Crippen molar-refractivity contribution in [3.63, 3.8) is 0 Å². The van der Waals surface area contributed by atoms with Gasteiger partial charge in [-0.3, -0.25) is 0 Å². The molecule has 1 saturated heterocycles. The minimum absolute atomic E-state index is 0.440. The molecule has 0 spiro atoms. The summed E-state index contributed by atoms with van der Waals surface area (Å²) < 4.78 is 0. The van der Waals surface area contributed by atoms with Crippen molar-refractivity contribution in [2.45, 2.75) is 32.4 Å². The summed E-state index contributed by atoms with van der Waals surface area (Å²) in [5.74, 6) is 0.737. The average Bonchev–Trinajstić information content (AvgIpc) is 2.09. The van der Waals surface area contributed by atoms with E-state index in [0.717, 1.165) is 19.0 Å². The highest BCUT2D eigenvalue weighted by Gasteiger charge is 2.20. The normalized spacial score (nSPS) is 32.8. The topological polar surface area (TPSA) is 24.1 Å². The van der Waals surface area contributed by atoms with Gasteiger partial charge < -0.3 is 10.6 Å². The molecular formula is C10H20N2. The highest BCUT2D eigenvalue weighted by atomic mass is 15.0. The quantitative estimate of drug-likeness (QED) is 0.618. The van der Waals surface area contributed by atoms with E-state index in [0.29, 0.717) is 12.1 Å². The molecule has 0 aromatic carbocycles. The second-order valence-electron chi connectivity index (χ2n) is 3.77. The van der Waals surface area contributed by atoms with E-state index >= 15 is 0 Å². The predicted molar refractivity (Wildman–Crippen MR) is 53.2 cm³/mol. The maximum absolute atomic E-state index is 3.77. The Hall–Kier alpha value is -0.340. The van der Waals surface area contributed by atoms with Crippen molar-refractivity contribution in [2.75, 3.05) is 13.1 Å². The molecule has 1 fully saturated rings. The molecule has 3 unspecified atom stereocenters. The molecule has 70 valence electrons. The second-order valence-corrected chi connectivity index (χ2v) is 3.77. The van der Waals surface area contributed by atoms with Crippen LogP contribution in [0.25, 0.3) is 0 Å². The smallest absolute Gasteiger partial charge is 0.0221 e. The second kappa shape index (κ2) is 4.63. The molecule has 0 aromatic heterocycles. The van der Waals surface area contributed by atoms with Gasteiger partial charge in [-0.1, -0.05) is 13.0 Å². The Morgan fingerprint density at radius 3 is 3.00 bits per heavy atom.